The molecular formula is C14H25NO2S. The monoisotopic (exact) mass is 271 g/mol. The predicted molar refractivity (Wildman–Crippen MR) is 76.2 cm³/mol. The molecule has 18 heavy (non-hydrogen) atoms. The molecule has 1 heterocycles. The minimum absolute atomic E-state index is 0.269. The number of carbonyl (C=O) groups is 1. The van der Waals surface area contributed by atoms with Gasteiger partial charge >= 0.3 is 5.97 Å². The second kappa shape index (κ2) is 7.39. The topological polar surface area (TPSA) is 40.5 Å². The van der Waals surface area contributed by atoms with Crippen LogP contribution in [0.5, 0.6) is 0 Å². The maximum atomic E-state index is 11.0. The smallest absolute Gasteiger partial charge is 0.304 e. The second-order valence-electron chi connectivity index (χ2n) is 5.56. The molecule has 0 aromatic rings. The molecule has 1 saturated heterocycles. The number of hydrogen-bond acceptors (Lipinski definition) is 3. The Kier molecular flexibility index (Phi) is 5.83. The molecule has 1 unspecified atom stereocenters. The Labute approximate surface area is 114 Å². The summed E-state index contributed by atoms with van der Waals surface area (Å²) >= 11 is 1.92. The van der Waals surface area contributed by atoms with E-state index in [2.05, 4.69) is 4.90 Å². The van der Waals surface area contributed by atoms with Crippen molar-refractivity contribution in [2.45, 2.75) is 63.5 Å². The molecule has 1 N–H and O–H groups in total. The van der Waals surface area contributed by atoms with Crippen molar-refractivity contribution in [3.63, 3.8) is 0 Å². The normalized spacial score (nSPS) is 28.6. The summed E-state index contributed by atoms with van der Waals surface area (Å²) in [5.74, 6) is 1.54. The standard InChI is InChI=1S/C14H25NO2S/c16-14(17)10-13-11-18-9-8-15(13)12-6-4-2-1-3-5-7-12/h12-13H,1-11H2,(H,16,17). The summed E-state index contributed by atoms with van der Waals surface area (Å²) < 4.78 is 0. The number of hydrogen-bond donors (Lipinski definition) is 1. The fourth-order valence-corrected chi connectivity index (χ4v) is 4.38. The van der Waals surface area contributed by atoms with Gasteiger partial charge in [0, 0.05) is 30.1 Å². The maximum Gasteiger partial charge on any atom is 0.304 e. The van der Waals surface area contributed by atoms with Gasteiger partial charge in [-0.15, -0.1) is 0 Å². The Hall–Kier alpha value is -0.220. The van der Waals surface area contributed by atoms with Gasteiger partial charge in [0.1, 0.15) is 0 Å². The Morgan fingerprint density at radius 2 is 1.83 bits per heavy atom. The summed E-state index contributed by atoms with van der Waals surface area (Å²) in [6.45, 7) is 1.09. The van der Waals surface area contributed by atoms with Crippen molar-refractivity contribution in [2.75, 3.05) is 18.1 Å². The molecule has 4 heteroatoms. The lowest BCUT2D eigenvalue weighted by atomic mass is 9.94. The lowest BCUT2D eigenvalue weighted by Gasteiger charge is -2.41. The van der Waals surface area contributed by atoms with E-state index in [9.17, 15) is 4.79 Å². The molecule has 1 aliphatic carbocycles. The third-order valence-corrected chi connectivity index (χ3v) is 5.32. The Balaban J connectivity index is 1.94. The van der Waals surface area contributed by atoms with Crippen LogP contribution in [0.2, 0.25) is 0 Å². The number of nitrogens with zero attached hydrogens (tertiary/aromatic N) is 1. The SMILES string of the molecule is O=C(O)CC1CSCCN1C1CCCCCCC1. The molecule has 0 aromatic heterocycles. The van der Waals surface area contributed by atoms with Crippen LogP contribution in [0.4, 0.5) is 0 Å². The highest BCUT2D eigenvalue weighted by Gasteiger charge is 2.30. The number of aliphatic carboxylic acids is 1. The van der Waals surface area contributed by atoms with Gasteiger partial charge in [-0.2, -0.15) is 11.8 Å². The maximum absolute atomic E-state index is 11.0. The first-order valence-electron chi connectivity index (χ1n) is 7.32. The molecule has 1 saturated carbocycles. The van der Waals surface area contributed by atoms with Crippen molar-refractivity contribution < 1.29 is 9.90 Å². The minimum atomic E-state index is -0.640. The summed E-state index contributed by atoms with van der Waals surface area (Å²) in [6.07, 6.45) is 9.65. The Bertz CT molecular complexity index is 265. The highest BCUT2D eigenvalue weighted by Crippen LogP contribution is 2.28. The molecule has 0 spiro atoms. The van der Waals surface area contributed by atoms with E-state index in [0.29, 0.717) is 12.5 Å². The summed E-state index contributed by atoms with van der Waals surface area (Å²) in [6, 6.07) is 0.918. The summed E-state index contributed by atoms with van der Waals surface area (Å²) in [5, 5.41) is 9.05. The molecule has 1 aliphatic heterocycles. The van der Waals surface area contributed by atoms with E-state index >= 15 is 0 Å². The van der Waals surface area contributed by atoms with Crippen molar-refractivity contribution in [3.05, 3.63) is 0 Å². The van der Waals surface area contributed by atoms with E-state index in [1.54, 1.807) is 0 Å². The largest absolute Gasteiger partial charge is 0.481 e. The van der Waals surface area contributed by atoms with Crippen LogP contribution >= 0.6 is 11.8 Å². The van der Waals surface area contributed by atoms with E-state index in [1.807, 2.05) is 11.8 Å². The number of thioether (sulfide) groups is 1. The van der Waals surface area contributed by atoms with Gasteiger partial charge in [-0.3, -0.25) is 9.69 Å². The molecule has 2 fully saturated rings. The van der Waals surface area contributed by atoms with E-state index in [-0.39, 0.29) is 6.04 Å². The average molecular weight is 271 g/mol. The van der Waals surface area contributed by atoms with Crippen molar-refractivity contribution in [2.24, 2.45) is 0 Å². The summed E-state index contributed by atoms with van der Waals surface area (Å²) in [5.41, 5.74) is 0. The van der Waals surface area contributed by atoms with E-state index < -0.39 is 5.97 Å². The van der Waals surface area contributed by atoms with Crippen molar-refractivity contribution in [3.8, 4) is 0 Å². The van der Waals surface area contributed by atoms with Gasteiger partial charge < -0.3 is 5.11 Å². The second-order valence-corrected chi connectivity index (χ2v) is 6.71. The van der Waals surface area contributed by atoms with Gasteiger partial charge in [0.2, 0.25) is 0 Å². The zero-order valence-electron chi connectivity index (χ0n) is 11.1. The molecule has 2 aliphatic rings. The molecular weight excluding hydrogens is 246 g/mol. The zero-order valence-corrected chi connectivity index (χ0v) is 12.0. The van der Waals surface area contributed by atoms with E-state index in [0.717, 1.165) is 12.3 Å². The van der Waals surface area contributed by atoms with Crippen molar-refractivity contribution >= 4 is 17.7 Å². The van der Waals surface area contributed by atoms with Gasteiger partial charge in [-0.1, -0.05) is 32.1 Å². The summed E-state index contributed by atoms with van der Waals surface area (Å²) in [7, 11) is 0. The van der Waals surface area contributed by atoms with Crippen LogP contribution in [-0.2, 0) is 4.79 Å². The molecule has 0 bridgehead atoms. The molecule has 2 rings (SSSR count). The van der Waals surface area contributed by atoms with Crippen molar-refractivity contribution in [1.29, 1.82) is 0 Å². The lowest BCUT2D eigenvalue weighted by Crippen LogP contribution is -2.49. The highest BCUT2D eigenvalue weighted by molar-refractivity contribution is 7.99. The van der Waals surface area contributed by atoms with Crippen LogP contribution in [0.3, 0.4) is 0 Å². The Morgan fingerprint density at radius 3 is 2.50 bits per heavy atom. The number of carboxylic acids is 1. The van der Waals surface area contributed by atoms with Crippen LogP contribution in [0.1, 0.15) is 51.4 Å². The third-order valence-electron chi connectivity index (χ3n) is 4.23. The van der Waals surface area contributed by atoms with Gasteiger partial charge in [-0.05, 0) is 12.8 Å². The first-order chi connectivity index (χ1) is 8.77. The van der Waals surface area contributed by atoms with Gasteiger partial charge in [0.25, 0.3) is 0 Å². The molecule has 104 valence electrons. The van der Waals surface area contributed by atoms with Gasteiger partial charge in [-0.25, -0.2) is 0 Å². The van der Waals surface area contributed by atoms with E-state index in [1.165, 1.54) is 50.7 Å². The molecule has 0 amide bonds. The molecule has 0 aromatic carbocycles. The van der Waals surface area contributed by atoms with Crippen LogP contribution in [0, 0.1) is 0 Å². The Morgan fingerprint density at radius 1 is 1.17 bits per heavy atom. The van der Waals surface area contributed by atoms with E-state index in [4.69, 9.17) is 5.11 Å². The van der Waals surface area contributed by atoms with Gasteiger partial charge in [0.15, 0.2) is 0 Å². The number of carboxylic acid groups (broad SMARTS) is 1. The fourth-order valence-electron chi connectivity index (χ4n) is 3.29. The molecule has 1 atom stereocenters. The van der Waals surface area contributed by atoms with Crippen molar-refractivity contribution in [1.82, 2.24) is 4.90 Å². The van der Waals surface area contributed by atoms with Crippen LogP contribution in [0.25, 0.3) is 0 Å². The molecule has 0 radical (unpaired) electrons. The lowest BCUT2D eigenvalue weighted by molar-refractivity contribution is -0.138. The van der Waals surface area contributed by atoms with Gasteiger partial charge in [0.05, 0.1) is 6.42 Å². The number of rotatable bonds is 3. The van der Waals surface area contributed by atoms with Crippen LogP contribution < -0.4 is 0 Å². The first-order valence-corrected chi connectivity index (χ1v) is 8.48. The van der Waals surface area contributed by atoms with Crippen LogP contribution in [-0.4, -0.2) is 46.1 Å². The first kappa shape index (κ1) is 14.2. The average Bonchev–Trinajstić information content (AvgIpc) is 2.29. The third kappa shape index (κ3) is 4.16. The summed E-state index contributed by atoms with van der Waals surface area (Å²) in [4.78, 5) is 13.5. The predicted octanol–water partition coefficient (Wildman–Crippen LogP) is 2.99. The quantitative estimate of drug-likeness (QED) is 0.856. The molecule has 3 nitrogen and oxygen atoms in total. The fraction of sp³-hybridized carbons (Fsp3) is 0.929. The van der Waals surface area contributed by atoms with Crippen LogP contribution in [0.15, 0.2) is 0 Å². The highest BCUT2D eigenvalue weighted by atomic mass is 32.2. The minimum Gasteiger partial charge on any atom is -0.481 e. The zero-order chi connectivity index (χ0) is 12.8.